The van der Waals surface area contributed by atoms with E-state index >= 15 is 0 Å². The molecule has 1 heterocycles. The maximum absolute atomic E-state index is 14.0. The van der Waals surface area contributed by atoms with E-state index in [0.29, 0.717) is 28.8 Å². The van der Waals surface area contributed by atoms with Crippen LogP contribution in [0.2, 0.25) is 0 Å². The first-order valence-corrected chi connectivity index (χ1v) is 14.7. The number of nitrogens with zero attached hydrogens (tertiary/aromatic N) is 1. The Morgan fingerprint density at radius 2 is 1.38 bits per heavy atom. The Balaban J connectivity index is 1.61. The number of ether oxygens (including phenoxy) is 2. The SMILES string of the molecule is COc1ccc(-c2ccc(C(=O)O)cc2C)cc1-c1ccc(C(F)(F)F)cc1C1OC(=O)N(Cc2cc(C(F)(F)F)cc(C(F)(F)F)c2)C1C. The van der Waals surface area contributed by atoms with Crippen LogP contribution in [-0.4, -0.2) is 35.2 Å². The van der Waals surface area contributed by atoms with Crippen molar-refractivity contribution in [3.05, 3.63) is 112 Å². The number of halogens is 9. The van der Waals surface area contributed by atoms with E-state index in [1.807, 2.05) is 0 Å². The third-order valence-electron chi connectivity index (χ3n) is 8.35. The van der Waals surface area contributed by atoms with E-state index in [-0.39, 0.29) is 34.1 Å². The number of carbonyl (C=O) groups excluding carboxylic acids is 1. The van der Waals surface area contributed by atoms with Gasteiger partial charge in [0.2, 0.25) is 0 Å². The molecule has 6 nitrogen and oxygen atoms in total. The molecule has 5 rings (SSSR count). The van der Waals surface area contributed by atoms with Gasteiger partial charge in [0.15, 0.2) is 0 Å². The molecular formula is C35H26F9NO5. The standard InChI is InChI=1S/C35H26F9NO5/c1-17-10-21(31(46)47)4-7-25(17)20-5-9-29(49-3)27(13-20)26-8-6-22(33(36,37)38)15-28(26)30-18(2)45(32(48)50-30)16-19-11-23(34(39,40)41)14-24(12-19)35(42,43)44/h4-15,18,30H,16H2,1-3H3,(H,46,47). The number of methoxy groups -OCH3 is 1. The predicted octanol–water partition coefficient (Wildman–Crippen LogP) is 10.2. The number of cyclic esters (lactones) is 1. The molecule has 1 N–H and O–H groups in total. The molecule has 2 atom stereocenters. The van der Waals surface area contributed by atoms with Crippen LogP contribution in [0, 0.1) is 6.92 Å². The summed E-state index contributed by atoms with van der Waals surface area (Å²) in [5.41, 5.74) is -2.87. The quantitative estimate of drug-likeness (QED) is 0.193. The van der Waals surface area contributed by atoms with Crippen LogP contribution in [0.5, 0.6) is 5.75 Å². The van der Waals surface area contributed by atoms with Gasteiger partial charge >= 0.3 is 30.6 Å². The van der Waals surface area contributed by atoms with Crippen molar-refractivity contribution in [2.75, 3.05) is 7.11 Å². The summed E-state index contributed by atoms with van der Waals surface area (Å²) in [5.74, 6) is -0.945. The highest BCUT2D eigenvalue weighted by atomic mass is 19.4. The van der Waals surface area contributed by atoms with Gasteiger partial charge < -0.3 is 14.6 Å². The minimum atomic E-state index is -5.15. The van der Waals surface area contributed by atoms with Gasteiger partial charge in [0.1, 0.15) is 11.9 Å². The fraction of sp³-hybridized carbons (Fsp3) is 0.257. The van der Waals surface area contributed by atoms with Crippen molar-refractivity contribution >= 4 is 12.1 Å². The molecule has 0 aromatic heterocycles. The van der Waals surface area contributed by atoms with Crippen molar-refractivity contribution < 1.29 is 63.7 Å². The molecule has 0 aliphatic carbocycles. The van der Waals surface area contributed by atoms with Crippen LogP contribution in [0.4, 0.5) is 44.3 Å². The molecular weight excluding hydrogens is 685 g/mol. The number of aryl methyl sites for hydroxylation is 1. The minimum absolute atomic E-state index is 0.0337. The Labute approximate surface area is 278 Å². The van der Waals surface area contributed by atoms with Crippen LogP contribution >= 0.6 is 0 Å². The molecule has 4 aromatic rings. The number of rotatable bonds is 7. The highest BCUT2D eigenvalue weighted by molar-refractivity contribution is 5.89. The van der Waals surface area contributed by atoms with Crippen LogP contribution in [0.3, 0.4) is 0 Å². The van der Waals surface area contributed by atoms with E-state index in [1.165, 1.54) is 26.2 Å². The van der Waals surface area contributed by atoms with E-state index in [2.05, 4.69) is 0 Å². The molecule has 0 spiro atoms. The summed E-state index contributed by atoms with van der Waals surface area (Å²) in [5, 5.41) is 9.35. The van der Waals surface area contributed by atoms with Crippen molar-refractivity contribution in [1.29, 1.82) is 0 Å². The van der Waals surface area contributed by atoms with Crippen LogP contribution in [-0.2, 0) is 29.8 Å². The lowest BCUT2D eigenvalue weighted by molar-refractivity contribution is -0.143. The molecule has 1 aliphatic rings. The number of aromatic carboxylic acids is 1. The van der Waals surface area contributed by atoms with Gasteiger partial charge in [-0.25, -0.2) is 9.59 Å². The average molecular weight is 712 g/mol. The molecule has 264 valence electrons. The van der Waals surface area contributed by atoms with Gasteiger partial charge in [-0.2, -0.15) is 39.5 Å². The van der Waals surface area contributed by atoms with Crippen LogP contribution in [0.15, 0.2) is 72.8 Å². The molecule has 1 saturated heterocycles. The molecule has 0 radical (unpaired) electrons. The van der Waals surface area contributed by atoms with Gasteiger partial charge in [-0.15, -0.1) is 0 Å². The maximum Gasteiger partial charge on any atom is 0.416 e. The van der Waals surface area contributed by atoms with Gasteiger partial charge in [0.25, 0.3) is 0 Å². The Bertz CT molecular complexity index is 1940. The number of hydrogen-bond acceptors (Lipinski definition) is 4. The summed E-state index contributed by atoms with van der Waals surface area (Å²) >= 11 is 0. The zero-order chi connectivity index (χ0) is 36.9. The first-order chi connectivity index (χ1) is 23.2. The number of carboxylic acids is 1. The van der Waals surface area contributed by atoms with Crippen LogP contribution in [0.1, 0.15) is 56.8 Å². The highest BCUT2D eigenvalue weighted by Crippen LogP contribution is 2.45. The molecule has 1 fully saturated rings. The van der Waals surface area contributed by atoms with Crippen molar-refractivity contribution in [1.82, 2.24) is 4.90 Å². The predicted molar refractivity (Wildman–Crippen MR) is 161 cm³/mol. The Morgan fingerprint density at radius 1 is 0.780 bits per heavy atom. The van der Waals surface area contributed by atoms with E-state index in [0.717, 1.165) is 23.1 Å². The fourth-order valence-corrected chi connectivity index (χ4v) is 5.87. The first kappa shape index (κ1) is 36.1. The number of benzene rings is 4. The molecule has 1 aliphatic heterocycles. The smallest absolute Gasteiger partial charge is 0.416 e. The summed E-state index contributed by atoms with van der Waals surface area (Å²) in [6.45, 7) is 2.24. The van der Waals surface area contributed by atoms with Gasteiger partial charge in [-0.3, -0.25) is 4.90 Å². The van der Waals surface area contributed by atoms with Gasteiger partial charge in [0.05, 0.1) is 35.4 Å². The van der Waals surface area contributed by atoms with E-state index in [9.17, 15) is 54.2 Å². The largest absolute Gasteiger partial charge is 0.496 e. The second-order valence-electron chi connectivity index (χ2n) is 11.6. The summed E-state index contributed by atoms with van der Waals surface area (Å²) in [4.78, 5) is 25.4. The fourth-order valence-electron chi connectivity index (χ4n) is 5.87. The minimum Gasteiger partial charge on any atom is -0.496 e. The topological polar surface area (TPSA) is 76.1 Å². The van der Waals surface area contributed by atoms with E-state index < -0.39 is 71.5 Å². The zero-order valence-corrected chi connectivity index (χ0v) is 26.2. The second kappa shape index (κ2) is 12.9. The first-order valence-electron chi connectivity index (χ1n) is 14.7. The number of hydrogen-bond donors (Lipinski definition) is 1. The normalized spacial score (nSPS) is 16.8. The number of amides is 1. The highest BCUT2D eigenvalue weighted by Gasteiger charge is 2.43. The monoisotopic (exact) mass is 711 g/mol. The molecule has 2 unspecified atom stereocenters. The third-order valence-corrected chi connectivity index (χ3v) is 8.35. The van der Waals surface area contributed by atoms with Crippen molar-refractivity contribution in [2.45, 2.75) is 51.1 Å². The van der Waals surface area contributed by atoms with E-state index in [1.54, 1.807) is 31.2 Å². The van der Waals surface area contributed by atoms with Crippen molar-refractivity contribution in [3.63, 3.8) is 0 Å². The summed E-state index contributed by atoms with van der Waals surface area (Å²) in [6, 6.07) is 11.6. The van der Waals surface area contributed by atoms with Crippen LogP contribution < -0.4 is 4.74 Å². The van der Waals surface area contributed by atoms with Crippen molar-refractivity contribution in [3.8, 4) is 28.0 Å². The number of carboxylic acid groups (broad SMARTS) is 1. The lowest BCUT2D eigenvalue weighted by atomic mass is 9.89. The molecule has 50 heavy (non-hydrogen) atoms. The molecule has 15 heteroatoms. The second-order valence-corrected chi connectivity index (χ2v) is 11.6. The van der Waals surface area contributed by atoms with Crippen molar-refractivity contribution in [2.24, 2.45) is 0 Å². The Morgan fingerprint density at radius 3 is 1.92 bits per heavy atom. The molecule has 0 bridgehead atoms. The lowest BCUT2D eigenvalue weighted by Gasteiger charge is -2.24. The van der Waals surface area contributed by atoms with E-state index in [4.69, 9.17) is 9.47 Å². The number of alkyl halides is 9. The summed E-state index contributed by atoms with van der Waals surface area (Å²) < 4.78 is 134. The zero-order valence-electron chi connectivity index (χ0n) is 26.2. The van der Waals surface area contributed by atoms with Crippen LogP contribution in [0.25, 0.3) is 22.3 Å². The molecule has 4 aromatic carbocycles. The molecule has 0 saturated carbocycles. The Kier molecular flexibility index (Phi) is 9.32. The maximum atomic E-state index is 14.0. The third kappa shape index (κ3) is 7.21. The van der Waals surface area contributed by atoms with Gasteiger partial charge in [-0.1, -0.05) is 18.2 Å². The van der Waals surface area contributed by atoms with Gasteiger partial charge in [0, 0.05) is 17.7 Å². The summed E-state index contributed by atoms with van der Waals surface area (Å²) in [7, 11) is 1.32. The average Bonchev–Trinajstić information content (AvgIpc) is 3.31. The Hall–Kier alpha value is -5.21. The number of carbonyl (C=O) groups is 2. The lowest BCUT2D eigenvalue weighted by Crippen LogP contribution is -2.31. The van der Waals surface area contributed by atoms with Gasteiger partial charge in [-0.05, 0) is 96.3 Å². The summed E-state index contributed by atoms with van der Waals surface area (Å²) in [6.07, 6.45) is -17.8. The molecule has 1 amide bonds.